The number of halogens is 2. The van der Waals surface area contributed by atoms with Crippen LogP contribution in [0.4, 0.5) is 0 Å². The molecule has 0 bridgehead atoms. The van der Waals surface area contributed by atoms with Crippen LogP contribution in [0.1, 0.15) is 19.3 Å². The Labute approximate surface area is 109 Å². The van der Waals surface area contributed by atoms with Gasteiger partial charge in [0, 0.05) is 11.6 Å². The summed E-state index contributed by atoms with van der Waals surface area (Å²) in [5.74, 6) is 0.779. The average molecular weight is 306 g/mol. The molecule has 0 spiro atoms. The molecule has 1 atom stereocenters. The molecule has 0 saturated carbocycles. The van der Waals surface area contributed by atoms with Gasteiger partial charge in [0.15, 0.2) is 0 Å². The van der Waals surface area contributed by atoms with Crippen molar-refractivity contribution < 1.29 is 9.47 Å². The van der Waals surface area contributed by atoms with Gasteiger partial charge in [0.2, 0.25) is 0 Å². The van der Waals surface area contributed by atoms with E-state index >= 15 is 0 Å². The molecule has 0 N–H and O–H groups in total. The third kappa shape index (κ3) is 3.37. The van der Waals surface area contributed by atoms with Crippen LogP contribution in [0.2, 0.25) is 5.02 Å². The lowest BCUT2D eigenvalue weighted by Crippen LogP contribution is -2.25. The van der Waals surface area contributed by atoms with Crippen LogP contribution in [-0.2, 0) is 4.74 Å². The van der Waals surface area contributed by atoms with Crippen molar-refractivity contribution in [1.29, 1.82) is 0 Å². The van der Waals surface area contributed by atoms with Gasteiger partial charge in [-0.05, 0) is 53.4 Å². The predicted octanol–water partition coefficient (Wildman–Crippen LogP) is 4.05. The molecule has 2 rings (SSSR count). The standard InChI is InChI=1S/C12H14BrClO2/c13-11-5-4-9(14)7-12(11)16-8-10-3-1-2-6-15-10/h4-5,7,10H,1-3,6,8H2/t10-/m1/s1. The highest BCUT2D eigenvalue weighted by molar-refractivity contribution is 9.10. The Hall–Kier alpha value is -0.250. The summed E-state index contributed by atoms with van der Waals surface area (Å²) in [6.07, 6.45) is 3.69. The van der Waals surface area contributed by atoms with Gasteiger partial charge >= 0.3 is 0 Å². The summed E-state index contributed by atoms with van der Waals surface area (Å²) in [5.41, 5.74) is 0. The Morgan fingerprint density at radius 3 is 3.06 bits per heavy atom. The monoisotopic (exact) mass is 304 g/mol. The summed E-state index contributed by atoms with van der Waals surface area (Å²) in [6.45, 7) is 1.45. The van der Waals surface area contributed by atoms with E-state index in [2.05, 4.69) is 15.9 Å². The minimum Gasteiger partial charge on any atom is -0.490 e. The fourth-order valence-electron chi connectivity index (χ4n) is 1.71. The SMILES string of the molecule is Clc1ccc(Br)c(OC[C@H]2CCCCO2)c1. The van der Waals surface area contributed by atoms with Crippen LogP contribution in [0, 0.1) is 0 Å². The molecule has 1 saturated heterocycles. The van der Waals surface area contributed by atoms with Crippen molar-refractivity contribution in [2.45, 2.75) is 25.4 Å². The minimum absolute atomic E-state index is 0.222. The van der Waals surface area contributed by atoms with Crippen LogP contribution >= 0.6 is 27.5 Å². The molecule has 1 aliphatic heterocycles. The zero-order chi connectivity index (χ0) is 11.4. The number of rotatable bonds is 3. The molecule has 1 aromatic rings. The lowest BCUT2D eigenvalue weighted by atomic mass is 10.1. The Balaban J connectivity index is 1.90. The van der Waals surface area contributed by atoms with E-state index in [9.17, 15) is 0 Å². The molecule has 0 amide bonds. The highest BCUT2D eigenvalue weighted by atomic mass is 79.9. The topological polar surface area (TPSA) is 18.5 Å². The van der Waals surface area contributed by atoms with Crippen molar-refractivity contribution in [3.8, 4) is 5.75 Å². The summed E-state index contributed by atoms with van der Waals surface area (Å²) in [6, 6.07) is 5.53. The largest absolute Gasteiger partial charge is 0.490 e. The van der Waals surface area contributed by atoms with Gasteiger partial charge in [-0.1, -0.05) is 11.6 Å². The quantitative estimate of drug-likeness (QED) is 0.839. The molecule has 0 aliphatic carbocycles. The normalized spacial score (nSPS) is 20.8. The smallest absolute Gasteiger partial charge is 0.135 e. The summed E-state index contributed by atoms with van der Waals surface area (Å²) >= 11 is 9.34. The zero-order valence-corrected chi connectivity index (χ0v) is 11.3. The number of ether oxygens (including phenoxy) is 2. The Morgan fingerprint density at radius 1 is 1.44 bits per heavy atom. The maximum absolute atomic E-state index is 5.91. The van der Waals surface area contributed by atoms with Gasteiger partial charge in [0.25, 0.3) is 0 Å². The average Bonchev–Trinajstić information content (AvgIpc) is 2.32. The first-order valence-corrected chi connectivity index (χ1v) is 6.62. The molecule has 0 unspecified atom stereocenters. The van der Waals surface area contributed by atoms with Crippen LogP contribution < -0.4 is 4.74 Å². The second kappa shape index (κ2) is 5.89. The highest BCUT2D eigenvalue weighted by Gasteiger charge is 2.15. The van der Waals surface area contributed by atoms with E-state index < -0.39 is 0 Å². The molecular weight excluding hydrogens is 291 g/mol. The second-order valence-corrected chi connectivity index (χ2v) is 5.17. The number of hydrogen-bond donors (Lipinski definition) is 0. The fraction of sp³-hybridized carbons (Fsp3) is 0.500. The van der Waals surface area contributed by atoms with Gasteiger partial charge in [-0.15, -0.1) is 0 Å². The Morgan fingerprint density at radius 2 is 2.31 bits per heavy atom. The van der Waals surface area contributed by atoms with Crippen molar-refractivity contribution in [2.75, 3.05) is 13.2 Å². The number of hydrogen-bond acceptors (Lipinski definition) is 2. The van der Waals surface area contributed by atoms with Crippen LogP contribution in [0.3, 0.4) is 0 Å². The van der Waals surface area contributed by atoms with E-state index in [0.717, 1.165) is 29.7 Å². The summed E-state index contributed by atoms with van der Waals surface area (Å²) in [4.78, 5) is 0. The molecule has 1 aliphatic rings. The van der Waals surface area contributed by atoms with E-state index in [-0.39, 0.29) is 6.10 Å². The predicted molar refractivity (Wildman–Crippen MR) is 68.2 cm³/mol. The number of benzene rings is 1. The molecule has 4 heteroatoms. The van der Waals surface area contributed by atoms with Crippen LogP contribution in [0.15, 0.2) is 22.7 Å². The van der Waals surface area contributed by atoms with Crippen molar-refractivity contribution in [3.05, 3.63) is 27.7 Å². The molecule has 1 heterocycles. The van der Waals surface area contributed by atoms with Crippen molar-refractivity contribution in [2.24, 2.45) is 0 Å². The van der Waals surface area contributed by atoms with Crippen molar-refractivity contribution >= 4 is 27.5 Å². The van der Waals surface area contributed by atoms with Gasteiger partial charge in [0.05, 0.1) is 10.6 Å². The lowest BCUT2D eigenvalue weighted by molar-refractivity contribution is -0.0112. The van der Waals surface area contributed by atoms with Crippen molar-refractivity contribution in [3.63, 3.8) is 0 Å². The van der Waals surface area contributed by atoms with Crippen molar-refractivity contribution in [1.82, 2.24) is 0 Å². The van der Waals surface area contributed by atoms with Gasteiger partial charge in [-0.25, -0.2) is 0 Å². The second-order valence-electron chi connectivity index (χ2n) is 3.87. The first-order chi connectivity index (χ1) is 7.75. The van der Waals surface area contributed by atoms with E-state index in [1.807, 2.05) is 18.2 Å². The summed E-state index contributed by atoms with van der Waals surface area (Å²) in [7, 11) is 0. The first-order valence-electron chi connectivity index (χ1n) is 5.45. The minimum atomic E-state index is 0.222. The third-order valence-corrected chi connectivity index (χ3v) is 3.48. The summed E-state index contributed by atoms with van der Waals surface area (Å²) in [5, 5.41) is 0.683. The molecule has 16 heavy (non-hydrogen) atoms. The van der Waals surface area contributed by atoms with E-state index in [1.165, 1.54) is 6.42 Å². The molecular formula is C12H14BrClO2. The molecule has 0 aromatic heterocycles. The highest BCUT2D eigenvalue weighted by Crippen LogP contribution is 2.28. The Kier molecular flexibility index (Phi) is 4.50. The fourth-order valence-corrected chi connectivity index (χ4v) is 2.23. The zero-order valence-electron chi connectivity index (χ0n) is 8.92. The van der Waals surface area contributed by atoms with E-state index in [0.29, 0.717) is 11.6 Å². The molecule has 1 fully saturated rings. The molecule has 0 radical (unpaired) electrons. The van der Waals surface area contributed by atoms with Gasteiger partial charge in [-0.3, -0.25) is 0 Å². The summed E-state index contributed by atoms with van der Waals surface area (Å²) < 4.78 is 12.2. The van der Waals surface area contributed by atoms with Gasteiger partial charge in [0.1, 0.15) is 12.4 Å². The molecule has 1 aromatic carbocycles. The maximum atomic E-state index is 5.91. The molecule has 2 nitrogen and oxygen atoms in total. The van der Waals surface area contributed by atoms with Gasteiger partial charge < -0.3 is 9.47 Å². The maximum Gasteiger partial charge on any atom is 0.135 e. The van der Waals surface area contributed by atoms with Crippen LogP contribution in [0.25, 0.3) is 0 Å². The Bertz CT molecular complexity index is 351. The molecule has 88 valence electrons. The van der Waals surface area contributed by atoms with E-state index in [4.69, 9.17) is 21.1 Å². The van der Waals surface area contributed by atoms with Crippen LogP contribution in [-0.4, -0.2) is 19.3 Å². The van der Waals surface area contributed by atoms with Crippen LogP contribution in [0.5, 0.6) is 5.75 Å². The van der Waals surface area contributed by atoms with Gasteiger partial charge in [-0.2, -0.15) is 0 Å². The van der Waals surface area contributed by atoms with E-state index in [1.54, 1.807) is 0 Å². The lowest BCUT2D eigenvalue weighted by Gasteiger charge is -2.22. The first kappa shape index (κ1) is 12.2. The third-order valence-electron chi connectivity index (χ3n) is 2.59.